The van der Waals surface area contributed by atoms with Gasteiger partial charge in [0.15, 0.2) is 0 Å². The number of aryl methyl sites for hydroxylation is 1. The van der Waals surface area contributed by atoms with Crippen LogP contribution in [-0.2, 0) is 4.79 Å². The fourth-order valence-corrected chi connectivity index (χ4v) is 5.66. The van der Waals surface area contributed by atoms with Gasteiger partial charge in [0.05, 0.1) is 46.7 Å². The van der Waals surface area contributed by atoms with Crippen LogP contribution in [0, 0.1) is 18.7 Å². The van der Waals surface area contributed by atoms with E-state index >= 15 is 0 Å². The van der Waals surface area contributed by atoms with Crippen molar-refractivity contribution in [2.24, 2.45) is 5.92 Å². The lowest BCUT2D eigenvalue weighted by Gasteiger charge is -2.11. The zero-order valence-corrected chi connectivity index (χ0v) is 21.8. The van der Waals surface area contributed by atoms with Crippen LogP contribution in [0.5, 0.6) is 0 Å². The highest BCUT2D eigenvalue weighted by molar-refractivity contribution is 6.01. The molecule has 0 spiro atoms. The Morgan fingerprint density at radius 3 is 2.60 bits per heavy atom. The van der Waals surface area contributed by atoms with E-state index < -0.39 is 0 Å². The van der Waals surface area contributed by atoms with Crippen LogP contribution in [0.1, 0.15) is 31.2 Å². The maximum atomic E-state index is 14.2. The first kappa shape index (κ1) is 24.1. The van der Waals surface area contributed by atoms with Crippen molar-refractivity contribution in [2.45, 2.75) is 32.6 Å². The van der Waals surface area contributed by atoms with Gasteiger partial charge in [0.1, 0.15) is 11.5 Å². The molecule has 7 rings (SSSR count). The molecule has 5 aromatic heterocycles. The molecule has 5 heterocycles. The predicted octanol–water partition coefficient (Wildman–Crippen LogP) is 6.81. The summed E-state index contributed by atoms with van der Waals surface area (Å²) < 4.78 is 14.2. The van der Waals surface area contributed by atoms with Crippen molar-refractivity contribution in [1.82, 2.24) is 30.1 Å². The summed E-state index contributed by atoms with van der Waals surface area (Å²) in [5.41, 5.74) is 7.77. The third kappa shape index (κ3) is 4.39. The minimum atomic E-state index is -0.280. The highest BCUT2D eigenvalue weighted by Crippen LogP contribution is 2.35. The van der Waals surface area contributed by atoms with Gasteiger partial charge in [-0.2, -0.15) is 5.10 Å². The van der Waals surface area contributed by atoms with E-state index in [4.69, 9.17) is 0 Å². The molecular weight excluding hydrogens is 505 g/mol. The molecule has 1 aliphatic carbocycles. The number of carbonyl (C=O) groups is 1. The normalized spacial score (nSPS) is 13.8. The van der Waals surface area contributed by atoms with Crippen LogP contribution in [0.4, 0.5) is 10.1 Å². The Bertz CT molecular complexity index is 1880. The quantitative estimate of drug-likeness (QED) is 0.226. The number of hydrogen-bond acceptors (Lipinski definition) is 5. The first-order valence-electron chi connectivity index (χ1n) is 13.4. The van der Waals surface area contributed by atoms with E-state index in [1.807, 2.05) is 31.2 Å². The van der Waals surface area contributed by atoms with Gasteiger partial charge in [-0.25, -0.2) is 4.39 Å². The summed E-state index contributed by atoms with van der Waals surface area (Å²) in [5.74, 6) is -0.153. The van der Waals surface area contributed by atoms with Crippen molar-refractivity contribution in [1.29, 1.82) is 0 Å². The van der Waals surface area contributed by atoms with Gasteiger partial charge in [0.2, 0.25) is 5.91 Å². The first-order valence-corrected chi connectivity index (χ1v) is 13.4. The van der Waals surface area contributed by atoms with Gasteiger partial charge in [0, 0.05) is 40.2 Å². The molecule has 0 radical (unpaired) electrons. The Hall–Kier alpha value is -4.92. The summed E-state index contributed by atoms with van der Waals surface area (Å²) in [4.78, 5) is 29.4. The zero-order chi connectivity index (χ0) is 27.2. The minimum absolute atomic E-state index is 0.0538. The first-order chi connectivity index (χ1) is 19.5. The Kier molecular flexibility index (Phi) is 5.84. The fraction of sp³-hybridized carbons (Fsp3) is 0.194. The van der Waals surface area contributed by atoms with E-state index in [0.717, 1.165) is 81.1 Å². The standard InChI is InChI=1S/C31H26FN7O/c1-17-6-19(8-21(32)7-17)25-14-34-15-28-23(25)10-27(37-28)30-24-11-26(35-16-29(24)38-39-30)20-9-22(13-33-12-20)36-31(40)18-4-2-3-5-18/h6-16,18,37H,2-5H2,1H3,(H,36,40)(H,38,39). The van der Waals surface area contributed by atoms with Gasteiger partial charge < -0.3 is 10.3 Å². The molecule has 0 saturated heterocycles. The molecule has 1 aromatic carbocycles. The average Bonchev–Trinajstić information content (AvgIpc) is 3.71. The number of halogens is 1. The molecular formula is C31H26FN7O. The molecule has 1 saturated carbocycles. The van der Waals surface area contributed by atoms with Gasteiger partial charge in [-0.05, 0) is 61.2 Å². The van der Waals surface area contributed by atoms with Crippen molar-refractivity contribution in [2.75, 3.05) is 5.32 Å². The molecule has 1 fully saturated rings. The number of amides is 1. The highest BCUT2D eigenvalue weighted by atomic mass is 19.1. The number of nitrogens with one attached hydrogen (secondary N) is 3. The molecule has 9 heteroatoms. The van der Waals surface area contributed by atoms with E-state index in [9.17, 15) is 9.18 Å². The molecule has 1 amide bonds. The Morgan fingerprint density at radius 1 is 0.900 bits per heavy atom. The van der Waals surface area contributed by atoms with E-state index in [0.29, 0.717) is 11.4 Å². The summed E-state index contributed by atoms with van der Waals surface area (Å²) in [7, 11) is 0. The van der Waals surface area contributed by atoms with Crippen molar-refractivity contribution >= 4 is 33.4 Å². The molecule has 0 atom stereocenters. The lowest BCUT2D eigenvalue weighted by atomic mass is 10.0. The van der Waals surface area contributed by atoms with E-state index in [2.05, 4.69) is 35.5 Å². The summed E-state index contributed by atoms with van der Waals surface area (Å²) in [6.45, 7) is 1.87. The van der Waals surface area contributed by atoms with Crippen LogP contribution in [0.2, 0.25) is 0 Å². The monoisotopic (exact) mass is 531 g/mol. The third-order valence-electron chi connectivity index (χ3n) is 7.63. The molecule has 0 aliphatic heterocycles. The van der Waals surface area contributed by atoms with Gasteiger partial charge in [0.25, 0.3) is 0 Å². The number of fused-ring (bicyclic) bond motifs is 2. The second kappa shape index (κ2) is 9.68. The van der Waals surface area contributed by atoms with Gasteiger partial charge in [-0.1, -0.05) is 18.9 Å². The van der Waals surface area contributed by atoms with E-state index in [1.54, 1.807) is 31.0 Å². The number of H-pyrrole nitrogens is 2. The zero-order valence-electron chi connectivity index (χ0n) is 21.8. The number of anilines is 1. The lowest BCUT2D eigenvalue weighted by molar-refractivity contribution is -0.119. The van der Waals surface area contributed by atoms with Crippen molar-refractivity contribution in [3.63, 3.8) is 0 Å². The second-order valence-corrected chi connectivity index (χ2v) is 10.5. The van der Waals surface area contributed by atoms with Crippen molar-refractivity contribution < 1.29 is 9.18 Å². The minimum Gasteiger partial charge on any atom is -0.352 e. The van der Waals surface area contributed by atoms with Crippen LogP contribution in [0.25, 0.3) is 55.6 Å². The molecule has 8 nitrogen and oxygen atoms in total. The van der Waals surface area contributed by atoms with E-state index in [1.165, 1.54) is 12.1 Å². The summed E-state index contributed by atoms with van der Waals surface area (Å²) in [6.07, 6.45) is 12.7. The summed E-state index contributed by atoms with van der Waals surface area (Å²) in [6, 6.07) is 10.9. The van der Waals surface area contributed by atoms with Gasteiger partial charge >= 0.3 is 0 Å². The molecule has 1 aliphatic rings. The van der Waals surface area contributed by atoms with Crippen LogP contribution in [0.3, 0.4) is 0 Å². The average molecular weight is 532 g/mol. The largest absolute Gasteiger partial charge is 0.352 e. The molecule has 6 aromatic rings. The predicted molar refractivity (Wildman–Crippen MR) is 153 cm³/mol. The summed E-state index contributed by atoms with van der Waals surface area (Å²) >= 11 is 0. The Labute approximate surface area is 229 Å². The number of pyridine rings is 3. The number of benzene rings is 1. The van der Waals surface area contributed by atoms with E-state index in [-0.39, 0.29) is 17.6 Å². The number of carbonyl (C=O) groups excluding carboxylic acids is 1. The molecule has 40 heavy (non-hydrogen) atoms. The van der Waals surface area contributed by atoms with Crippen LogP contribution >= 0.6 is 0 Å². The highest BCUT2D eigenvalue weighted by Gasteiger charge is 2.23. The third-order valence-corrected chi connectivity index (χ3v) is 7.63. The molecule has 0 unspecified atom stereocenters. The number of hydrogen-bond donors (Lipinski definition) is 3. The number of nitrogens with zero attached hydrogens (tertiary/aromatic N) is 4. The van der Waals surface area contributed by atoms with Crippen LogP contribution in [0.15, 0.2) is 67.4 Å². The van der Waals surface area contributed by atoms with Crippen LogP contribution in [-0.4, -0.2) is 36.0 Å². The Morgan fingerprint density at radius 2 is 1.75 bits per heavy atom. The topological polar surface area (TPSA) is 112 Å². The number of aromatic amines is 2. The van der Waals surface area contributed by atoms with Gasteiger partial charge in [-0.15, -0.1) is 0 Å². The van der Waals surface area contributed by atoms with Gasteiger partial charge in [-0.3, -0.25) is 24.8 Å². The maximum Gasteiger partial charge on any atom is 0.227 e. The maximum absolute atomic E-state index is 14.2. The molecule has 198 valence electrons. The fourth-order valence-electron chi connectivity index (χ4n) is 5.66. The smallest absolute Gasteiger partial charge is 0.227 e. The van der Waals surface area contributed by atoms with Crippen LogP contribution < -0.4 is 5.32 Å². The summed E-state index contributed by atoms with van der Waals surface area (Å²) in [5, 5.41) is 12.5. The lowest BCUT2D eigenvalue weighted by Crippen LogP contribution is -2.20. The Balaban J connectivity index is 1.25. The second-order valence-electron chi connectivity index (χ2n) is 10.5. The SMILES string of the molecule is Cc1cc(F)cc(-c2cncc3[nH]c(-c4n[nH]c5cnc(-c6cncc(NC(=O)C7CCCC7)c6)cc45)cc23)c1. The molecule has 0 bridgehead atoms. The number of aromatic nitrogens is 6. The number of rotatable bonds is 5. The molecule has 3 N–H and O–H groups in total. The van der Waals surface area contributed by atoms with Crippen molar-refractivity contribution in [3.8, 4) is 33.8 Å². The van der Waals surface area contributed by atoms with Crippen molar-refractivity contribution in [3.05, 3.63) is 78.8 Å².